The van der Waals surface area contributed by atoms with Crippen LogP contribution in [0.15, 0.2) is 65.4 Å². The number of allylic oxidation sites excluding steroid dienone is 2. The van der Waals surface area contributed by atoms with Gasteiger partial charge in [0.2, 0.25) is 0 Å². The average Bonchev–Trinajstić information content (AvgIpc) is 2.56. The number of hydrogen-bond donors (Lipinski definition) is 1. The Kier molecular flexibility index (Phi) is 8.26. The SMILES string of the molecule is CC(=[OH+])/C=C(/C)O.CN1CN=C(c2[c-]cccc2)c2ccccc21.[Ir]. The van der Waals surface area contributed by atoms with Crippen LogP contribution >= 0.6 is 0 Å². The van der Waals surface area contributed by atoms with E-state index in [1.54, 1.807) is 0 Å². The van der Waals surface area contributed by atoms with E-state index in [9.17, 15) is 0 Å². The molecule has 5 heteroatoms. The molecule has 0 fully saturated rings. The number of hydrogen-bond acceptors (Lipinski definition) is 3. The molecular formula is C20H22IrN2O2. The normalized spacial score (nSPS) is 12.8. The minimum Gasteiger partial charge on any atom is -0.512 e. The maximum Gasteiger partial charge on any atom is 0.316 e. The van der Waals surface area contributed by atoms with Crippen LogP contribution in [0.5, 0.6) is 0 Å². The molecule has 1 aliphatic heterocycles. The monoisotopic (exact) mass is 515 g/mol. The molecule has 1 heterocycles. The topological polar surface area (TPSA) is 57.2 Å². The van der Waals surface area contributed by atoms with E-state index < -0.39 is 0 Å². The van der Waals surface area contributed by atoms with Crippen LogP contribution in [0.2, 0.25) is 0 Å². The van der Waals surface area contributed by atoms with Crippen molar-refractivity contribution in [2.24, 2.45) is 4.99 Å². The predicted octanol–water partition coefficient (Wildman–Crippen LogP) is 3.74. The van der Waals surface area contributed by atoms with Gasteiger partial charge in [-0.25, -0.2) is 0 Å². The van der Waals surface area contributed by atoms with Crippen molar-refractivity contribution in [3.63, 3.8) is 0 Å². The van der Waals surface area contributed by atoms with Gasteiger partial charge in [0.25, 0.3) is 0 Å². The number of aliphatic imine (C=N–C) groups is 1. The Morgan fingerprint density at radius 1 is 1.20 bits per heavy atom. The van der Waals surface area contributed by atoms with E-state index in [4.69, 9.17) is 9.90 Å². The number of nitrogens with zero attached hydrogens (tertiary/aromatic N) is 2. The van der Waals surface area contributed by atoms with Crippen LogP contribution in [0, 0.1) is 6.07 Å². The molecule has 4 nitrogen and oxygen atoms in total. The number of anilines is 1. The van der Waals surface area contributed by atoms with E-state index >= 15 is 0 Å². The van der Waals surface area contributed by atoms with E-state index in [-0.39, 0.29) is 31.6 Å². The first-order valence-corrected chi connectivity index (χ1v) is 7.71. The number of ketones is 1. The summed E-state index contributed by atoms with van der Waals surface area (Å²) in [6.07, 6.45) is 1.28. The summed E-state index contributed by atoms with van der Waals surface area (Å²) in [7, 11) is 2.06. The number of rotatable bonds is 2. The third kappa shape index (κ3) is 5.96. The standard InChI is InChI=1S/C15H13N2.C5H8O2.Ir/c1-17-11-16-15(12-7-3-2-4-8-12)13-9-5-6-10-14(13)17;1-4(6)3-5(2)7;/h2-7,9-10H,11H2,1H3;3,6H,1-2H3;/q-1;;/p+1/b;4-3-;. The summed E-state index contributed by atoms with van der Waals surface area (Å²) >= 11 is 0. The van der Waals surface area contributed by atoms with Crippen LogP contribution in [0.25, 0.3) is 0 Å². The number of benzene rings is 2. The van der Waals surface area contributed by atoms with Crippen molar-refractivity contribution < 1.29 is 30.0 Å². The van der Waals surface area contributed by atoms with Gasteiger partial charge < -0.3 is 15.0 Å². The number of fused-ring (bicyclic) bond motifs is 1. The smallest absolute Gasteiger partial charge is 0.316 e. The molecule has 0 amide bonds. The van der Waals surface area contributed by atoms with Crippen LogP contribution in [-0.2, 0) is 20.1 Å². The zero-order valence-electron chi connectivity index (χ0n) is 14.5. The fraction of sp³-hybridized carbons (Fsp3) is 0.200. The van der Waals surface area contributed by atoms with Crippen molar-refractivity contribution >= 4 is 17.2 Å². The van der Waals surface area contributed by atoms with Gasteiger partial charge in [-0.1, -0.05) is 18.2 Å². The zero-order chi connectivity index (χ0) is 17.5. The van der Waals surface area contributed by atoms with Crippen LogP contribution < -0.4 is 4.90 Å². The summed E-state index contributed by atoms with van der Waals surface area (Å²) in [5.74, 6) is 0.250. The average molecular weight is 515 g/mol. The second-order valence-electron chi connectivity index (χ2n) is 5.57. The van der Waals surface area contributed by atoms with Gasteiger partial charge in [-0.2, -0.15) is 0 Å². The van der Waals surface area contributed by atoms with Crippen molar-refractivity contribution in [2.75, 3.05) is 18.6 Å². The van der Waals surface area contributed by atoms with Gasteiger partial charge in [0.1, 0.15) is 0 Å². The summed E-state index contributed by atoms with van der Waals surface area (Å²) in [5, 5.41) is 8.40. The van der Waals surface area contributed by atoms with Crippen LogP contribution in [0.4, 0.5) is 5.69 Å². The fourth-order valence-electron chi connectivity index (χ4n) is 2.42. The Bertz CT molecular complexity index is 766. The summed E-state index contributed by atoms with van der Waals surface area (Å²) in [6.45, 7) is 3.70. The molecule has 2 aromatic rings. The summed E-state index contributed by atoms with van der Waals surface area (Å²) in [4.78, 5) is 15.2. The molecule has 133 valence electrons. The summed E-state index contributed by atoms with van der Waals surface area (Å²) < 4.78 is 0. The molecular weight excluding hydrogens is 492 g/mol. The molecule has 2 N–H and O–H groups in total. The Morgan fingerprint density at radius 2 is 1.88 bits per heavy atom. The van der Waals surface area contributed by atoms with E-state index in [1.807, 2.05) is 18.2 Å². The quantitative estimate of drug-likeness (QED) is 0.287. The maximum atomic E-state index is 8.40. The first-order valence-electron chi connectivity index (χ1n) is 7.71. The Balaban J connectivity index is 0.000000339. The van der Waals surface area contributed by atoms with Gasteiger partial charge >= 0.3 is 5.78 Å². The number of carbonyl (C=O) groups excluding carboxylic acids is 1. The molecule has 0 atom stereocenters. The minimum atomic E-state index is 0. The van der Waals surface area contributed by atoms with Gasteiger partial charge in [0.05, 0.1) is 25.4 Å². The maximum absolute atomic E-state index is 8.40. The third-order valence-corrected chi connectivity index (χ3v) is 3.39. The second kappa shape index (κ2) is 9.92. The predicted molar refractivity (Wildman–Crippen MR) is 99.6 cm³/mol. The minimum absolute atomic E-state index is 0. The molecule has 25 heavy (non-hydrogen) atoms. The Morgan fingerprint density at radius 3 is 2.44 bits per heavy atom. The molecule has 2 aromatic carbocycles. The molecule has 0 aromatic heterocycles. The number of aliphatic hydroxyl groups is 1. The molecule has 3 rings (SSSR count). The summed E-state index contributed by atoms with van der Waals surface area (Å²) in [6, 6.07) is 19.6. The van der Waals surface area contributed by atoms with Crippen molar-refractivity contribution in [2.45, 2.75) is 13.8 Å². The van der Waals surface area contributed by atoms with Gasteiger partial charge in [-0.05, 0) is 24.3 Å². The van der Waals surface area contributed by atoms with Gasteiger partial charge in [-0.3, -0.25) is 4.79 Å². The van der Waals surface area contributed by atoms with E-state index in [0.29, 0.717) is 6.67 Å². The molecule has 0 aliphatic carbocycles. The number of para-hydroxylation sites is 1. The fourth-order valence-corrected chi connectivity index (χ4v) is 2.42. The first kappa shape index (κ1) is 20.8. The zero-order valence-corrected chi connectivity index (χ0v) is 16.9. The molecule has 0 spiro atoms. The van der Waals surface area contributed by atoms with Crippen molar-refractivity contribution in [1.82, 2.24) is 0 Å². The van der Waals surface area contributed by atoms with Crippen LogP contribution in [-0.4, -0.2) is 35.1 Å². The van der Waals surface area contributed by atoms with Crippen molar-refractivity contribution in [3.05, 3.63) is 77.6 Å². The Labute approximate surface area is 162 Å². The molecule has 0 saturated carbocycles. The summed E-state index contributed by atoms with van der Waals surface area (Å²) in [5.41, 5.74) is 4.52. The van der Waals surface area contributed by atoms with E-state index in [2.05, 4.69) is 53.3 Å². The molecule has 1 radical (unpaired) electrons. The molecule has 0 bridgehead atoms. The third-order valence-electron chi connectivity index (χ3n) is 3.39. The largest absolute Gasteiger partial charge is 0.512 e. The van der Waals surface area contributed by atoms with Gasteiger partial charge in [0.15, 0.2) is 0 Å². The van der Waals surface area contributed by atoms with Gasteiger partial charge in [-0.15, -0.1) is 35.9 Å². The molecule has 0 unspecified atom stereocenters. The Hall–Kier alpha value is -2.23. The van der Waals surface area contributed by atoms with Crippen molar-refractivity contribution in [1.29, 1.82) is 0 Å². The van der Waals surface area contributed by atoms with E-state index in [1.165, 1.54) is 31.2 Å². The van der Waals surface area contributed by atoms with Crippen LogP contribution in [0.1, 0.15) is 25.0 Å². The second-order valence-corrected chi connectivity index (χ2v) is 5.57. The van der Waals surface area contributed by atoms with Gasteiger partial charge in [0, 0.05) is 32.8 Å². The number of aliphatic hydroxyl groups excluding tert-OH is 1. The molecule has 1 aliphatic rings. The van der Waals surface area contributed by atoms with E-state index in [0.717, 1.165) is 11.3 Å². The first-order chi connectivity index (χ1) is 11.5. The van der Waals surface area contributed by atoms with Crippen molar-refractivity contribution in [3.8, 4) is 0 Å². The molecule has 0 saturated heterocycles. The van der Waals surface area contributed by atoms with Crippen LogP contribution in [0.3, 0.4) is 0 Å².